The standard InChI is InChI=1S/C18H19F2N3O2/c1-12-11-13(5-8-21-12)22-17(24)23-9-6-18(25,7-10-23)16-14(19)3-2-4-15(16)20/h2-5,8,11,25H,6-7,9-10H2,1H3,(H,21,22,24). The van der Waals surface area contributed by atoms with Crippen LogP contribution in [0.4, 0.5) is 19.3 Å². The number of hydrogen-bond acceptors (Lipinski definition) is 3. The summed E-state index contributed by atoms with van der Waals surface area (Å²) in [5, 5.41) is 13.4. The zero-order valence-corrected chi connectivity index (χ0v) is 13.8. The molecule has 1 aromatic carbocycles. The summed E-state index contributed by atoms with van der Waals surface area (Å²) in [4.78, 5) is 17.9. The maximum Gasteiger partial charge on any atom is 0.321 e. The lowest BCUT2D eigenvalue weighted by atomic mass is 9.84. The number of pyridine rings is 1. The number of piperidine rings is 1. The number of hydrogen-bond donors (Lipinski definition) is 2. The first-order valence-corrected chi connectivity index (χ1v) is 8.04. The number of halogens is 2. The summed E-state index contributed by atoms with van der Waals surface area (Å²) in [7, 11) is 0. The predicted molar refractivity (Wildman–Crippen MR) is 89.1 cm³/mol. The van der Waals surface area contributed by atoms with Gasteiger partial charge in [-0.1, -0.05) is 6.07 Å². The molecule has 0 unspecified atom stereocenters. The average Bonchev–Trinajstić information content (AvgIpc) is 2.55. The smallest absolute Gasteiger partial charge is 0.321 e. The molecule has 0 atom stereocenters. The molecule has 3 rings (SSSR count). The van der Waals surface area contributed by atoms with E-state index < -0.39 is 17.2 Å². The lowest BCUT2D eigenvalue weighted by Gasteiger charge is -2.38. The van der Waals surface area contributed by atoms with Gasteiger partial charge in [0.05, 0.1) is 11.2 Å². The molecule has 25 heavy (non-hydrogen) atoms. The van der Waals surface area contributed by atoms with Crippen LogP contribution in [0.1, 0.15) is 24.1 Å². The molecule has 0 saturated carbocycles. The van der Waals surface area contributed by atoms with E-state index in [0.29, 0.717) is 5.69 Å². The van der Waals surface area contributed by atoms with E-state index >= 15 is 0 Å². The van der Waals surface area contributed by atoms with Crippen LogP contribution in [0, 0.1) is 18.6 Å². The summed E-state index contributed by atoms with van der Waals surface area (Å²) in [6.45, 7) is 2.21. The minimum Gasteiger partial charge on any atom is -0.385 e. The molecule has 2 amide bonds. The van der Waals surface area contributed by atoms with Gasteiger partial charge in [0.25, 0.3) is 0 Å². The molecule has 1 aliphatic rings. The molecule has 2 heterocycles. The molecule has 0 aliphatic carbocycles. The highest BCUT2D eigenvalue weighted by Gasteiger charge is 2.39. The van der Waals surface area contributed by atoms with E-state index in [-0.39, 0.29) is 37.5 Å². The Morgan fingerprint density at radius 1 is 1.24 bits per heavy atom. The molecule has 1 saturated heterocycles. The maximum atomic E-state index is 14.0. The van der Waals surface area contributed by atoms with Crippen molar-refractivity contribution in [2.24, 2.45) is 0 Å². The van der Waals surface area contributed by atoms with Crippen molar-refractivity contribution in [1.82, 2.24) is 9.88 Å². The number of aryl methyl sites for hydroxylation is 1. The molecule has 1 aliphatic heterocycles. The lowest BCUT2D eigenvalue weighted by Crippen LogP contribution is -2.47. The molecular formula is C18H19F2N3O2. The normalized spacial score (nSPS) is 16.6. The van der Waals surface area contributed by atoms with E-state index in [1.807, 2.05) is 6.92 Å². The third kappa shape index (κ3) is 3.61. The molecule has 2 N–H and O–H groups in total. The van der Waals surface area contributed by atoms with E-state index in [0.717, 1.165) is 17.8 Å². The second-order valence-corrected chi connectivity index (χ2v) is 6.23. The molecule has 5 nitrogen and oxygen atoms in total. The van der Waals surface area contributed by atoms with Crippen LogP contribution in [0.5, 0.6) is 0 Å². The largest absolute Gasteiger partial charge is 0.385 e. The first kappa shape index (κ1) is 17.3. The lowest BCUT2D eigenvalue weighted by molar-refractivity contribution is -0.0213. The number of urea groups is 1. The number of aliphatic hydroxyl groups is 1. The summed E-state index contributed by atoms with van der Waals surface area (Å²) < 4.78 is 27.9. The number of amides is 2. The predicted octanol–water partition coefficient (Wildman–Crippen LogP) is 3.18. The Kier molecular flexibility index (Phi) is 4.67. The van der Waals surface area contributed by atoms with Crippen LogP contribution in [0.15, 0.2) is 36.5 Å². The third-order valence-electron chi connectivity index (χ3n) is 4.45. The first-order valence-electron chi connectivity index (χ1n) is 8.04. The van der Waals surface area contributed by atoms with Gasteiger partial charge in [-0.2, -0.15) is 0 Å². The zero-order chi connectivity index (χ0) is 18.0. The van der Waals surface area contributed by atoms with Crippen LogP contribution in [0.25, 0.3) is 0 Å². The van der Waals surface area contributed by atoms with Gasteiger partial charge in [0.2, 0.25) is 0 Å². The SMILES string of the molecule is Cc1cc(NC(=O)N2CCC(O)(c3c(F)cccc3F)CC2)ccn1. The second kappa shape index (κ2) is 6.76. The van der Waals surface area contributed by atoms with Gasteiger partial charge in [-0.25, -0.2) is 13.6 Å². The van der Waals surface area contributed by atoms with Crippen molar-refractivity contribution < 1.29 is 18.7 Å². The highest BCUT2D eigenvalue weighted by Crippen LogP contribution is 2.36. The number of nitrogens with one attached hydrogen (secondary N) is 1. The minimum absolute atomic E-state index is 0.0631. The van der Waals surface area contributed by atoms with Crippen molar-refractivity contribution in [3.63, 3.8) is 0 Å². The van der Waals surface area contributed by atoms with Crippen LogP contribution in [0.3, 0.4) is 0 Å². The molecule has 1 fully saturated rings. The average molecular weight is 347 g/mol. The molecule has 0 radical (unpaired) electrons. The molecular weight excluding hydrogens is 328 g/mol. The van der Waals surface area contributed by atoms with Gasteiger partial charge in [-0.3, -0.25) is 4.98 Å². The fourth-order valence-corrected chi connectivity index (χ4v) is 3.10. The maximum absolute atomic E-state index is 14.0. The molecule has 2 aromatic rings. The second-order valence-electron chi connectivity index (χ2n) is 6.23. The van der Waals surface area contributed by atoms with Gasteiger partial charge in [-0.05, 0) is 44.0 Å². The van der Waals surface area contributed by atoms with E-state index in [1.165, 1.54) is 11.0 Å². The van der Waals surface area contributed by atoms with Crippen molar-refractivity contribution in [3.8, 4) is 0 Å². The first-order chi connectivity index (χ1) is 11.9. The van der Waals surface area contributed by atoms with E-state index in [1.54, 1.807) is 18.3 Å². The third-order valence-corrected chi connectivity index (χ3v) is 4.45. The van der Waals surface area contributed by atoms with Crippen LogP contribution in [-0.4, -0.2) is 34.1 Å². The number of carbonyl (C=O) groups is 1. The van der Waals surface area contributed by atoms with Crippen LogP contribution in [0.2, 0.25) is 0 Å². The molecule has 0 bridgehead atoms. The number of aromatic nitrogens is 1. The van der Waals surface area contributed by atoms with Gasteiger partial charge in [0.15, 0.2) is 0 Å². The summed E-state index contributed by atoms with van der Waals surface area (Å²) in [5.74, 6) is -1.54. The summed E-state index contributed by atoms with van der Waals surface area (Å²) in [6, 6.07) is 6.62. The van der Waals surface area contributed by atoms with Gasteiger partial charge in [0.1, 0.15) is 11.6 Å². The highest BCUT2D eigenvalue weighted by molar-refractivity contribution is 5.89. The number of rotatable bonds is 2. The van der Waals surface area contributed by atoms with E-state index in [9.17, 15) is 18.7 Å². The Balaban J connectivity index is 1.68. The highest BCUT2D eigenvalue weighted by atomic mass is 19.1. The Morgan fingerprint density at radius 2 is 1.88 bits per heavy atom. The van der Waals surface area contributed by atoms with Gasteiger partial charge >= 0.3 is 6.03 Å². The molecule has 7 heteroatoms. The monoisotopic (exact) mass is 347 g/mol. The number of carbonyl (C=O) groups excluding carboxylic acids is 1. The topological polar surface area (TPSA) is 65.5 Å². The number of anilines is 1. The summed E-state index contributed by atoms with van der Waals surface area (Å²) in [6.07, 6.45) is 1.72. The van der Waals surface area contributed by atoms with E-state index in [2.05, 4.69) is 10.3 Å². The number of nitrogens with zero attached hydrogens (tertiary/aromatic N) is 2. The van der Waals surface area contributed by atoms with Gasteiger partial charge < -0.3 is 15.3 Å². The Bertz CT molecular complexity index is 769. The van der Waals surface area contributed by atoms with Crippen LogP contribution >= 0.6 is 0 Å². The van der Waals surface area contributed by atoms with Crippen molar-refractivity contribution in [1.29, 1.82) is 0 Å². The van der Waals surface area contributed by atoms with Crippen molar-refractivity contribution in [2.45, 2.75) is 25.4 Å². The van der Waals surface area contributed by atoms with Crippen molar-refractivity contribution in [2.75, 3.05) is 18.4 Å². The summed E-state index contributed by atoms with van der Waals surface area (Å²) in [5.41, 5.74) is -0.529. The number of benzene rings is 1. The Morgan fingerprint density at radius 3 is 2.48 bits per heavy atom. The quantitative estimate of drug-likeness (QED) is 0.877. The van der Waals surface area contributed by atoms with Gasteiger partial charge in [-0.15, -0.1) is 0 Å². The fraction of sp³-hybridized carbons (Fsp3) is 0.333. The Hall–Kier alpha value is -2.54. The van der Waals surface area contributed by atoms with Crippen LogP contribution < -0.4 is 5.32 Å². The molecule has 0 spiro atoms. The van der Waals surface area contributed by atoms with E-state index in [4.69, 9.17) is 0 Å². The fourth-order valence-electron chi connectivity index (χ4n) is 3.10. The Labute approximate surface area is 144 Å². The van der Waals surface area contributed by atoms with Crippen molar-refractivity contribution in [3.05, 3.63) is 59.4 Å². The minimum atomic E-state index is -1.61. The van der Waals surface area contributed by atoms with Crippen molar-refractivity contribution >= 4 is 11.7 Å². The van der Waals surface area contributed by atoms with Gasteiger partial charge in [0, 0.05) is 30.7 Å². The summed E-state index contributed by atoms with van der Waals surface area (Å²) >= 11 is 0. The number of likely N-dealkylation sites (tertiary alicyclic amines) is 1. The zero-order valence-electron chi connectivity index (χ0n) is 13.8. The molecule has 132 valence electrons. The molecule has 1 aromatic heterocycles. The van der Waals surface area contributed by atoms with Crippen LogP contribution in [-0.2, 0) is 5.60 Å².